The van der Waals surface area contributed by atoms with Gasteiger partial charge in [-0.2, -0.15) is 8.42 Å². The van der Waals surface area contributed by atoms with Crippen LogP contribution in [0.5, 0.6) is 0 Å². The van der Waals surface area contributed by atoms with Gasteiger partial charge in [0, 0.05) is 11.1 Å². The number of thiophene rings is 1. The molecule has 0 saturated carbocycles. The number of carbonyl (C=O) groups excluding carboxylic acids is 1. The average molecular weight is 268 g/mol. The van der Waals surface area contributed by atoms with Crippen molar-refractivity contribution >= 4 is 27.7 Å². The van der Waals surface area contributed by atoms with Crippen LogP contribution in [-0.4, -0.2) is 19.3 Å². The molecule has 4 nitrogen and oxygen atoms in total. The molecule has 0 radical (unpaired) electrons. The van der Waals surface area contributed by atoms with Crippen LogP contribution in [0.2, 0.25) is 0 Å². The average Bonchev–Trinajstić information content (AvgIpc) is 2.78. The van der Waals surface area contributed by atoms with Crippen molar-refractivity contribution in [3.8, 4) is 11.1 Å². The molecule has 0 amide bonds. The first-order valence-electron chi connectivity index (χ1n) is 4.63. The highest BCUT2D eigenvalue weighted by Gasteiger charge is 2.17. The summed E-state index contributed by atoms with van der Waals surface area (Å²) in [6.45, 7) is 0. The lowest BCUT2D eigenvalue weighted by Gasteiger charge is -2.01. The number of rotatable bonds is 3. The molecular formula is C11H8O4S2. The minimum Gasteiger partial charge on any atom is -0.298 e. The highest BCUT2D eigenvalue weighted by molar-refractivity contribution is 7.88. The van der Waals surface area contributed by atoms with Crippen molar-refractivity contribution in [1.29, 1.82) is 0 Å². The Balaban J connectivity index is 2.54. The predicted octanol–water partition coefficient (Wildman–Crippen LogP) is 2.47. The minimum atomic E-state index is -4.20. The monoisotopic (exact) mass is 268 g/mol. The topological polar surface area (TPSA) is 71.4 Å². The quantitative estimate of drug-likeness (QED) is 0.685. The summed E-state index contributed by atoms with van der Waals surface area (Å²) in [6, 6.07) is 8.08. The Morgan fingerprint density at radius 1 is 1.12 bits per heavy atom. The molecule has 1 N–H and O–H groups in total. The van der Waals surface area contributed by atoms with Gasteiger partial charge < -0.3 is 0 Å². The van der Waals surface area contributed by atoms with Gasteiger partial charge in [0.15, 0.2) is 4.21 Å². The van der Waals surface area contributed by atoms with Gasteiger partial charge in [-0.3, -0.25) is 9.35 Å². The van der Waals surface area contributed by atoms with Gasteiger partial charge >= 0.3 is 10.1 Å². The molecule has 0 bridgehead atoms. The third-order valence-electron chi connectivity index (χ3n) is 2.22. The summed E-state index contributed by atoms with van der Waals surface area (Å²) in [5.74, 6) is 0. The molecule has 0 unspecified atom stereocenters. The van der Waals surface area contributed by atoms with Gasteiger partial charge in [0.2, 0.25) is 0 Å². The van der Waals surface area contributed by atoms with Crippen LogP contribution in [0.15, 0.2) is 39.9 Å². The summed E-state index contributed by atoms with van der Waals surface area (Å²) in [4.78, 5) is 10.5. The van der Waals surface area contributed by atoms with E-state index in [0.29, 0.717) is 23.0 Å². The maximum Gasteiger partial charge on any atom is 0.304 e. The predicted molar refractivity (Wildman–Crippen MR) is 65.0 cm³/mol. The molecule has 0 aliphatic heterocycles. The third kappa shape index (κ3) is 2.44. The first-order chi connectivity index (χ1) is 8.02. The smallest absolute Gasteiger partial charge is 0.298 e. The molecule has 88 valence electrons. The number of hydrogen-bond donors (Lipinski definition) is 1. The van der Waals surface area contributed by atoms with E-state index in [2.05, 4.69) is 0 Å². The molecule has 2 rings (SSSR count). The first-order valence-corrected chi connectivity index (χ1v) is 6.95. The van der Waals surface area contributed by atoms with Crippen LogP contribution in [0.3, 0.4) is 0 Å². The second kappa shape index (κ2) is 4.40. The summed E-state index contributed by atoms with van der Waals surface area (Å²) >= 11 is 0.954. The number of hydrogen-bond acceptors (Lipinski definition) is 4. The van der Waals surface area contributed by atoms with Crippen LogP contribution >= 0.6 is 11.3 Å². The molecular weight excluding hydrogens is 260 g/mol. The van der Waals surface area contributed by atoms with Gasteiger partial charge in [0.1, 0.15) is 6.29 Å². The largest absolute Gasteiger partial charge is 0.304 e. The maximum absolute atomic E-state index is 11.1. The molecule has 0 aliphatic carbocycles. The van der Waals surface area contributed by atoms with Gasteiger partial charge in [-0.15, -0.1) is 11.3 Å². The Kier molecular flexibility index (Phi) is 3.10. The lowest BCUT2D eigenvalue weighted by atomic mass is 10.1. The lowest BCUT2D eigenvalue weighted by molar-refractivity contribution is 0.112. The van der Waals surface area contributed by atoms with E-state index in [1.807, 2.05) is 0 Å². The zero-order valence-corrected chi connectivity index (χ0v) is 10.2. The summed E-state index contributed by atoms with van der Waals surface area (Å²) in [7, 11) is -4.20. The van der Waals surface area contributed by atoms with Crippen molar-refractivity contribution in [2.45, 2.75) is 4.21 Å². The molecule has 0 aliphatic rings. The van der Waals surface area contributed by atoms with Crippen molar-refractivity contribution in [2.24, 2.45) is 0 Å². The van der Waals surface area contributed by atoms with E-state index < -0.39 is 10.1 Å². The van der Waals surface area contributed by atoms with E-state index in [9.17, 15) is 13.2 Å². The molecule has 2 aromatic rings. The van der Waals surface area contributed by atoms with Crippen molar-refractivity contribution in [1.82, 2.24) is 0 Å². The highest BCUT2D eigenvalue weighted by atomic mass is 32.3. The van der Waals surface area contributed by atoms with E-state index in [-0.39, 0.29) is 4.21 Å². The lowest BCUT2D eigenvalue weighted by Crippen LogP contribution is -1.96. The molecule has 6 heteroatoms. The SMILES string of the molecule is O=Cc1ccc(-c2ccsc2S(=O)(=O)O)cc1. The van der Waals surface area contributed by atoms with Crippen LogP contribution in [-0.2, 0) is 10.1 Å². The number of aldehydes is 1. The fraction of sp³-hybridized carbons (Fsp3) is 0. The molecule has 0 saturated heterocycles. The van der Waals surface area contributed by atoms with Gasteiger partial charge in [-0.25, -0.2) is 0 Å². The van der Waals surface area contributed by atoms with Crippen molar-refractivity contribution < 1.29 is 17.8 Å². The van der Waals surface area contributed by atoms with Crippen LogP contribution < -0.4 is 0 Å². The Bertz CT molecular complexity index is 638. The number of benzene rings is 1. The molecule has 0 fully saturated rings. The zero-order valence-electron chi connectivity index (χ0n) is 8.53. The van der Waals surface area contributed by atoms with Gasteiger partial charge in [0.25, 0.3) is 0 Å². The van der Waals surface area contributed by atoms with E-state index in [4.69, 9.17) is 4.55 Å². The van der Waals surface area contributed by atoms with Crippen LogP contribution in [0, 0.1) is 0 Å². The van der Waals surface area contributed by atoms with Crippen LogP contribution in [0.25, 0.3) is 11.1 Å². The molecule has 0 atom stereocenters. The molecule has 1 aromatic heterocycles. The highest BCUT2D eigenvalue weighted by Crippen LogP contribution is 2.31. The van der Waals surface area contributed by atoms with Crippen molar-refractivity contribution in [3.05, 3.63) is 41.3 Å². The van der Waals surface area contributed by atoms with Gasteiger partial charge in [-0.05, 0) is 17.0 Å². The van der Waals surface area contributed by atoms with Gasteiger partial charge in [-0.1, -0.05) is 24.3 Å². The Morgan fingerprint density at radius 3 is 2.29 bits per heavy atom. The summed E-state index contributed by atoms with van der Waals surface area (Å²) in [5, 5.41) is 1.59. The minimum absolute atomic E-state index is 0.0867. The fourth-order valence-corrected chi connectivity index (χ4v) is 3.21. The van der Waals surface area contributed by atoms with Crippen LogP contribution in [0.4, 0.5) is 0 Å². The van der Waals surface area contributed by atoms with E-state index in [0.717, 1.165) is 11.3 Å². The zero-order chi connectivity index (χ0) is 12.5. The Hall–Kier alpha value is -1.50. The molecule has 17 heavy (non-hydrogen) atoms. The number of carbonyl (C=O) groups is 1. The van der Waals surface area contributed by atoms with Gasteiger partial charge in [0.05, 0.1) is 0 Å². The summed E-state index contributed by atoms with van der Waals surface area (Å²) < 4.78 is 31.2. The van der Waals surface area contributed by atoms with Crippen LogP contribution in [0.1, 0.15) is 10.4 Å². The molecule has 0 spiro atoms. The van der Waals surface area contributed by atoms with E-state index in [1.54, 1.807) is 35.7 Å². The van der Waals surface area contributed by atoms with E-state index in [1.165, 1.54) is 0 Å². The normalized spacial score (nSPS) is 11.4. The fourth-order valence-electron chi connectivity index (χ4n) is 1.45. The summed E-state index contributed by atoms with van der Waals surface area (Å²) in [5.41, 5.74) is 1.59. The summed E-state index contributed by atoms with van der Waals surface area (Å²) in [6.07, 6.45) is 0.709. The van der Waals surface area contributed by atoms with Crippen molar-refractivity contribution in [3.63, 3.8) is 0 Å². The third-order valence-corrected chi connectivity index (χ3v) is 4.54. The van der Waals surface area contributed by atoms with E-state index >= 15 is 0 Å². The standard InChI is InChI=1S/C11H8O4S2/c12-7-8-1-3-9(4-2-8)10-5-6-16-11(10)17(13,14)15/h1-7H,(H,13,14,15). The molecule has 1 heterocycles. The first kappa shape index (κ1) is 12.0. The maximum atomic E-state index is 11.1. The second-order valence-electron chi connectivity index (χ2n) is 3.34. The second-order valence-corrected chi connectivity index (χ2v) is 5.87. The Labute approximate surface area is 102 Å². The molecule has 1 aromatic carbocycles. The Morgan fingerprint density at radius 2 is 1.76 bits per heavy atom. The van der Waals surface area contributed by atoms with Crippen molar-refractivity contribution in [2.75, 3.05) is 0 Å².